The lowest BCUT2D eigenvalue weighted by atomic mass is 10.1. The van der Waals surface area contributed by atoms with Gasteiger partial charge in [-0.15, -0.1) is 0 Å². The molecule has 0 amide bonds. The maximum Gasteiger partial charge on any atom is 0.416 e. The van der Waals surface area contributed by atoms with Gasteiger partial charge >= 0.3 is 12.1 Å². The molecule has 130 valence electrons. The van der Waals surface area contributed by atoms with E-state index in [1.807, 2.05) is 0 Å². The van der Waals surface area contributed by atoms with E-state index in [-0.39, 0.29) is 12.1 Å². The van der Waals surface area contributed by atoms with E-state index in [2.05, 4.69) is 15.0 Å². The molecular formula is C16H17F3N2O3. The summed E-state index contributed by atoms with van der Waals surface area (Å²) >= 11 is 0. The van der Waals surface area contributed by atoms with E-state index in [1.165, 1.54) is 19.2 Å². The van der Waals surface area contributed by atoms with Crippen molar-refractivity contribution < 1.29 is 27.8 Å². The van der Waals surface area contributed by atoms with Gasteiger partial charge in [-0.05, 0) is 29.3 Å². The summed E-state index contributed by atoms with van der Waals surface area (Å²) in [6.07, 6.45) is -3.92. The van der Waals surface area contributed by atoms with Gasteiger partial charge in [-0.3, -0.25) is 0 Å². The lowest BCUT2D eigenvalue weighted by molar-refractivity contribution is -0.137. The van der Waals surface area contributed by atoms with Gasteiger partial charge < -0.3 is 20.1 Å². The van der Waals surface area contributed by atoms with Gasteiger partial charge in [-0.1, -0.05) is 12.1 Å². The predicted molar refractivity (Wildman–Crippen MR) is 80.2 cm³/mol. The molecule has 1 heterocycles. The maximum atomic E-state index is 12.7. The van der Waals surface area contributed by atoms with Crippen LogP contribution in [0.3, 0.4) is 0 Å². The van der Waals surface area contributed by atoms with Gasteiger partial charge in [0.05, 0.1) is 18.8 Å². The highest BCUT2D eigenvalue weighted by molar-refractivity contribution is 5.87. The highest BCUT2D eigenvalue weighted by Gasteiger charge is 2.30. The number of esters is 1. The summed E-state index contributed by atoms with van der Waals surface area (Å²) in [5.41, 5.74) is 0.438. The predicted octanol–water partition coefficient (Wildman–Crippen LogP) is 2.64. The zero-order valence-electron chi connectivity index (χ0n) is 12.9. The molecule has 0 aliphatic carbocycles. The van der Waals surface area contributed by atoms with E-state index in [1.54, 1.807) is 12.3 Å². The van der Waals surface area contributed by atoms with Crippen LogP contribution in [0.15, 0.2) is 36.5 Å². The van der Waals surface area contributed by atoms with Crippen LogP contribution >= 0.6 is 0 Å². The number of hydrogen-bond acceptors (Lipinski definition) is 4. The fourth-order valence-electron chi connectivity index (χ4n) is 2.16. The minimum absolute atomic E-state index is 0.0695. The maximum absolute atomic E-state index is 12.7. The largest absolute Gasteiger partial charge is 0.464 e. The third kappa shape index (κ3) is 4.59. The molecule has 2 aromatic rings. The number of aliphatic hydroxyl groups is 1. The van der Waals surface area contributed by atoms with Gasteiger partial charge in [-0.2, -0.15) is 13.2 Å². The van der Waals surface area contributed by atoms with Crippen molar-refractivity contribution in [1.82, 2.24) is 10.3 Å². The summed E-state index contributed by atoms with van der Waals surface area (Å²) in [5.74, 6) is -0.495. The molecule has 0 bridgehead atoms. The average molecular weight is 342 g/mol. The minimum Gasteiger partial charge on any atom is -0.464 e. The number of carbonyl (C=O) groups is 1. The molecule has 1 aromatic heterocycles. The van der Waals surface area contributed by atoms with E-state index >= 15 is 0 Å². The number of methoxy groups -OCH3 is 1. The summed E-state index contributed by atoms with van der Waals surface area (Å²) in [7, 11) is 1.27. The summed E-state index contributed by atoms with van der Waals surface area (Å²) in [6.45, 7) is 0.406. The van der Waals surface area contributed by atoms with Gasteiger partial charge in [0.25, 0.3) is 0 Å². The molecular weight excluding hydrogens is 325 g/mol. The molecule has 0 saturated carbocycles. The highest BCUT2D eigenvalue weighted by atomic mass is 19.4. The van der Waals surface area contributed by atoms with E-state index in [9.17, 15) is 23.1 Å². The monoisotopic (exact) mass is 342 g/mol. The van der Waals surface area contributed by atoms with Crippen molar-refractivity contribution >= 4 is 5.97 Å². The van der Waals surface area contributed by atoms with Crippen molar-refractivity contribution in [3.8, 4) is 0 Å². The van der Waals surface area contributed by atoms with Gasteiger partial charge in [0, 0.05) is 19.3 Å². The molecule has 3 N–H and O–H groups in total. The number of benzene rings is 1. The van der Waals surface area contributed by atoms with Crippen molar-refractivity contribution in [1.29, 1.82) is 0 Å². The number of aromatic amines is 1. The fourth-order valence-corrected chi connectivity index (χ4v) is 2.16. The first-order valence-corrected chi connectivity index (χ1v) is 7.13. The number of halogens is 3. The van der Waals surface area contributed by atoms with Crippen molar-refractivity contribution in [2.45, 2.75) is 18.8 Å². The van der Waals surface area contributed by atoms with Gasteiger partial charge in [0.1, 0.15) is 5.69 Å². The molecule has 1 unspecified atom stereocenters. The summed E-state index contributed by atoms with van der Waals surface area (Å²) < 4.78 is 42.6. The second-order valence-corrected chi connectivity index (χ2v) is 5.18. The van der Waals surface area contributed by atoms with Crippen molar-refractivity contribution in [2.75, 3.05) is 13.7 Å². The van der Waals surface area contributed by atoms with E-state index in [0.29, 0.717) is 12.2 Å². The van der Waals surface area contributed by atoms with Crippen LogP contribution in [0.25, 0.3) is 0 Å². The Labute approximate surface area is 136 Å². The molecule has 1 atom stereocenters. The number of aliphatic hydroxyl groups excluding tert-OH is 1. The number of aromatic nitrogens is 1. The Bertz CT molecular complexity index is 698. The molecule has 5 nitrogen and oxygen atoms in total. The molecule has 24 heavy (non-hydrogen) atoms. The van der Waals surface area contributed by atoms with Gasteiger partial charge in [0.2, 0.25) is 0 Å². The average Bonchev–Trinajstić information content (AvgIpc) is 3.02. The summed E-state index contributed by atoms with van der Waals surface area (Å²) in [4.78, 5) is 14.0. The molecule has 1 aromatic carbocycles. The lowest BCUT2D eigenvalue weighted by Gasteiger charge is -2.14. The van der Waals surface area contributed by atoms with E-state index < -0.39 is 23.8 Å². The Morgan fingerprint density at radius 3 is 2.79 bits per heavy atom. The van der Waals surface area contributed by atoms with Crippen molar-refractivity contribution in [3.05, 3.63) is 58.9 Å². The number of hydrogen-bond donors (Lipinski definition) is 3. The Morgan fingerprint density at radius 1 is 1.38 bits per heavy atom. The molecule has 0 saturated heterocycles. The van der Waals surface area contributed by atoms with Gasteiger partial charge in [-0.25, -0.2) is 4.79 Å². The Hall–Kier alpha value is -2.32. The van der Waals surface area contributed by atoms with Gasteiger partial charge in [0.15, 0.2) is 0 Å². The van der Waals surface area contributed by atoms with Crippen molar-refractivity contribution in [3.63, 3.8) is 0 Å². The number of H-pyrrole nitrogens is 1. The molecule has 0 radical (unpaired) electrons. The standard InChI is InChI=1S/C16H17F3N2O3/c1-24-15(23)13-5-10(8-21-13)7-20-9-14(22)11-3-2-4-12(6-11)16(17,18)19/h2-6,8,14,20-22H,7,9H2,1H3. The first kappa shape index (κ1) is 18.0. The van der Waals surface area contributed by atoms with Crippen LogP contribution in [-0.4, -0.2) is 29.7 Å². The van der Waals surface area contributed by atoms with Crippen LogP contribution in [0.4, 0.5) is 13.2 Å². The summed E-state index contributed by atoms with van der Waals surface area (Å²) in [6, 6.07) is 6.18. The van der Waals surface area contributed by atoms with Crippen LogP contribution in [0.2, 0.25) is 0 Å². The zero-order valence-corrected chi connectivity index (χ0v) is 12.9. The third-order valence-electron chi connectivity index (χ3n) is 3.41. The first-order chi connectivity index (χ1) is 11.3. The molecule has 0 aliphatic rings. The molecule has 0 spiro atoms. The van der Waals surface area contributed by atoms with E-state index in [0.717, 1.165) is 17.7 Å². The minimum atomic E-state index is -4.45. The SMILES string of the molecule is COC(=O)c1cc(CNCC(O)c2cccc(C(F)(F)F)c2)c[nH]1. The molecule has 2 rings (SSSR count). The highest BCUT2D eigenvalue weighted by Crippen LogP contribution is 2.30. The van der Waals surface area contributed by atoms with Crippen LogP contribution in [0.5, 0.6) is 0 Å². The topological polar surface area (TPSA) is 74.3 Å². The molecule has 0 fully saturated rings. The first-order valence-electron chi connectivity index (χ1n) is 7.13. The van der Waals surface area contributed by atoms with Crippen LogP contribution < -0.4 is 5.32 Å². The molecule has 0 aliphatic heterocycles. The number of carbonyl (C=O) groups excluding carboxylic acids is 1. The zero-order chi connectivity index (χ0) is 17.7. The van der Waals surface area contributed by atoms with Crippen LogP contribution in [0.1, 0.15) is 33.3 Å². The Balaban J connectivity index is 1.90. The second kappa shape index (κ2) is 7.50. The quantitative estimate of drug-likeness (QED) is 0.706. The second-order valence-electron chi connectivity index (χ2n) is 5.18. The summed E-state index contributed by atoms with van der Waals surface area (Å²) in [5, 5.41) is 12.9. The number of rotatable bonds is 6. The third-order valence-corrected chi connectivity index (χ3v) is 3.41. The molecule has 8 heteroatoms. The number of ether oxygens (including phenoxy) is 1. The van der Waals surface area contributed by atoms with Crippen molar-refractivity contribution in [2.24, 2.45) is 0 Å². The smallest absolute Gasteiger partial charge is 0.416 e. The van der Waals surface area contributed by atoms with Crippen LogP contribution in [-0.2, 0) is 17.5 Å². The number of nitrogens with one attached hydrogen (secondary N) is 2. The number of alkyl halides is 3. The fraction of sp³-hybridized carbons (Fsp3) is 0.312. The lowest BCUT2D eigenvalue weighted by Crippen LogP contribution is -2.21. The van der Waals surface area contributed by atoms with E-state index in [4.69, 9.17) is 0 Å². The van der Waals surface area contributed by atoms with Crippen LogP contribution in [0, 0.1) is 0 Å². The Morgan fingerprint density at radius 2 is 2.12 bits per heavy atom. The Kier molecular flexibility index (Phi) is 5.63. The normalized spacial score (nSPS) is 12.9.